The van der Waals surface area contributed by atoms with Gasteiger partial charge in [-0.05, 0) is 42.1 Å². The van der Waals surface area contributed by atoms with E-state index < -0.39 is 0 Å². The lowest BCUT2D eigenvalue weighted by Crippen LogP contribution is -2.36. The first-order valence-electron chi connectivity index (χ1n) is 5.08. The molecule has 0 aliphatic carbocycles. The number of anilines is 1. The number of rotatable bonds is 1. The van der Waals surface area contributed by atoms with Crippen LogP contribution in [0.3, 0.4) is 0 Å². The number of nitrogens with zero attached hydrogens (tertiary/aromatic N) is 2. The fourth-order valence-corrected chi connectivity index (χ4v) is 2.42. The van der Waals surface area contributed by atoms with Crippen molar-refractivity contribution < 1.29 is 4.74 Å². The first kappa shape index (κ1) is 13.5. The summed E-state index contributed by atoms with van der Waals surface area (Å²) in [6.45, 7) is 3.31. The molecule has 1 aromatic rings. The average Bonchev–Trinajstić information content (AvgIpc) is 2.38. The Morgan fingerprint density at radius 2 is 2.24 bits per heavy atom. The molecule has 1 aliphatic heterocycles. The van der Waals surface area contributed by atoms with E-state index in [1.54, 1.807) is 6.20 Å². The van der Waals surface area contributed by atoms with Crippen LogP contribution in [0.4, 0.5) is 5.69 Å². The second kappa shape index (κ2) is 6.83. The van der Waals surface area contributed by atoms with E-state index in [9.17, 15) is 0 Å². The molecule has 0 amide bonds. The summed E-state index contributed by atoms with van der Waals surface area (Å²) in [6.07, 6.45) is 1.78. The van der Waals surface area contributed by atoms with Crippen LogP contribution < -0.4 is 4.90 Å². The third-order valence-electron chi connectivity index (χ3n) is 2.39. The highest BCUT2D eigenvalue weighted by Gasteiger charge is 2.15. The molecule has 17 heavy (non-hydrogen) atoms. The Morgan fingerprint density at radius 3 is 2.94 bits per heavy atom. The Bertz CT molecular complexity index is 455. The van der Waals surface area contributed by atoms with Gasteiger partial charge in [0, 0.05) is 45.0 Å². The number of halogens is 2. The minimum absolute atomic E-state index is 0.764. The van der Waals surface area contributed by atoms with Gasteiger partial charge in [0.1, 0.15) is 5.69 Å². The lowest BCUT2D eigenvalue weighted by Gasteiger charge is -2.29. The zero-order valence-electron chi connectivity index (χ0n) is 8.95. The fraction of sp³-hybridized carbons (Fsp3) is 0.364. The predicted molar refractivity (Wildman–Crippen MR) is 83.5 cm³/mol. The van der Waals surface area contributed by atoms with Gasteiger partial charge in [-0.3, -0.25) is 0 Å². The molecule has 1 aromatic heterocycles. The number of hydrogen-bond acceptors (Lipinski definition) is 4. The molecule has 0 radical (unpaired) electrons. The van der Waals surface area contributed by atoms with Gasteiger partial charge in [0.25, 0.3) is 0 Å². The largest absolute Gasteiger partial charge is 0.378 e. The molecule has 0 bridgehead atoms. The van der Waals surface area contributed by atoms with Crippen LogP contribution in [0.15, 0.2) is 16.7 Å². The lowest BCUT2D eigenvalue weighted by molar-refractivity contribution is 0.122. The molecular formula is C11H10BrIN2OS. The van der Waals surface area contributed by atoms with Gasteiger partial charge >= 0.3 is 0 Å². The van der Waals surface area contributed by atoms with E-state index in [0.29, 0.717) is 0 Å². The molecule has 6 heteroatoms. The van der Waals surface area contributed by atoms with Gasteiger partial charge < -0.3 is 9.64 Å². The van der Waals surface area contributed by atoms with Gasteiger partial charge in [-0.25, -0.2) is 4.98 Å². The molecule has 0 N–H and O–H groups in total. The van der Waals surface area contributed by atoms with E-state index in [-0.39, 0.29) is 0 Å². The fourth-order valence-electron chi connectivity index (χ4n) is 1.64. The Morgan fingerprint density at radius 1 is 1.47 bits per heavy atom. The van der Waals surface area contributed by atoms with E-state index in [2.05, 4.69) is 64.3 Å². The Kier molecular flexibility index (Phi) is 5.41. The van der Waals surface area contributed by atoms with E-state index in [1.165, 1.54) is 8.93 Å². The monoisotopic (exact) mass is 424 g/mol. The van der Waals surface area contributed by atoms with Crippen molar-refractivity contribution in [1.82, 2.24) is 4.98 Å². The van der Waals surface area contributed by atoms with Crippen LogP contribution in [0.5, 0.6) is 0 Å². The number of hydrogen-bond donors (Lipinski definition) is 0. The molecule has 1 fully saturated rings. The highest BCUT2D eigenvalue weighted by atomic mass is 127. The molecule has 0 aromatic carbocycles. The molecule has 0 unspecified atom stereocenters. The van der Waals surface area contributed by atoms with Crippen LogP contribution >= 0.6 is 46.1 Å². The highest BCUT2D eigenvalue weighted by Crippen LogP contribution is 2.23. The van der Waals surface area contributed by atoms with E-state index in [4.69, 9.17) is 4.74 Å². The van der Waals surface area contributed by atoms with Crippen molar-refractivity contribution in [3.05, 3.63) is 22.4 Å². The SMILES string of the molecule is Brc1cnc(C#CSI)c(N2CCOCC2)c1. The van der Waals surface area contributed by atoms with E-state index in [0.717, 1.165) is 42.2 Å². The van der Waals surface area contributed by atoms with Crippen LogP contribution in [0.25, 0.3) is 0 Å². The van der Waals surface area contributed by atoms with Gasteiger partial charge in [-0.15, -0.1) is 0 Å². The van der Waals surface area contributed by atoms with Crippen LogP contribution in [-0.2, 0) is 4.74 Å². The summed E-state index contributed by atoms with van der Waals surface area (Å²) < 4.78 is 6.34. The van der Waals surface area contributed by atoms with Gasteiger partial charge in [0.05, 0.1) is 18.9 Å². The standard InChI is InChI=1S/C11H10BrIN2OS/c12-9-7-11(15-2-4-16-5-3-15)10(14-8-9)1-6-17-13/h7-8H,2-5H2. The number of pyridine rings is 1. The summed E-state index contributed by atoms with van der Waals surface area (Å²) in [5.41, 5.74) is 1.92. The first-order chi connectivity index (χ1) is 8.31. The smallest absolute Gasteiger partial charge is 0.137 e. The summed E-state index contributed by atoms with van der Waals surface area (Å²) in [5, 5.41) is 2.98. The molecule has 0 spiro atoms. The van der Waals surface area contributed by atoms with Crippen LogP contribution in [-0.4, -0.2) is 31.3 Å². The van der Waals surface area contributed by atoms with Gasteiger partial charge in [0.2, 0.25) is 0 Å². The summed E-state index contributed by atoms with van der Waals surface area (Å²) in [7, 11) is 1.47. The van der Waals surface area contributed by atoms with Crippen LogP contribution in [0, 0.1) is 11.2 Å². The molecule has 0 saturated carbocycles. The second-order valence-electron chi connectivity index (χ2n) is 3.42. The predicted octanol–water partition coefficient (Wildman–Crippen LogP) is 3.07. The average molecular weight is 425 g/mol. The normalized spacial score (nSPS) is 15.3. The van der Waals surface area contributed by atoms with Crippen molar-refractivity contribution in [3.63, 3.8) is 0 Å². The summed E-state index contributed by atoms with van der Waals surface area (Å²) in [4.78, 5) is 6.64. The maximum Gasteiger partial charge on any atom is 0.137 e. The molecule has 3 nitrogen and oxygen atoms in total. The maximum atomic E-state index is 5.36. The highest BCUT2D eigenvalue weighted by molar-refractivity contribution is 14.2. The molecule has 0 atom stereocenters. The van der Waals surface area contributed by atoms with Gasteiger partial charge in [-0.1, -0.05) is 0 Å². The van der Waals surface area contributed by atoms with Crippen molar-refractivity contribution in [1.29, 1.82) is 0 Å². The summed E-state index contributed by atoms with van der Waals surface area (Å²) in [6, 6.07) is 2.07. The third kappa shape index (κ3) is 3.74. The minimum atomic E-state index is 0.764. The Balaban J connectivity index is 2.31. The van der Waals surface area contributed by atoms with Crippen molar-refractivity contribution in [2.24, 2.45) is 0 Å². The second-order valence-corrected chi connectivity index (χ2v) is 6.02. The topological polar surface area (TPSA) is 25.4 Å². The number of aromatic nitrogens is 1. The van der Waals surface area contributed by atoms with Crippen molar-refractivity contribution in [3.8, 4) is 11.2 Å². The Hall–Kier alpha value is 0.0300. The summed E-state index contributed by atoms with van der Waals surface area (Å²) in [5.74, 6) is 3.08. The van der Waals surface area contributed by atoms with E-state index >= 15 is 0 Å². The number of morpholine rings is 1. The van der Waals surface area contributed by atoms with Crippen molar-refractivity contribution in [2.45, 2.75) is 0 Å². The number of ether oxygens (including phenoxy) is 1. The van der Waals surface area contributed by atoms with Crippen molar-refractivity contribution >= 4 is 51.8 Å². The molecule has 90 valence electrons. The zero-order valence-corrected chi connectivity index (χ0v) is 13.5. The first-order valence-corrected chi connectivity index (χ1v) is 9.23. The van der Waals surface area contributed by atoms with Crippen LogP contribution in [0.1, 0.15) is 5.69 Å². The maximum absolute atomic E-state index is 5.36. The Labute approximate surface area is 125 Å². The van der Waals surface area contributed by atoms with Crippen molar-refractivity contribution in [2.75, 3.05) is 31.2 Å². The van der Waals surface area contributed by atoms with Gasteiger partial charge in [0.15, 0.2) is 0 Å². The molecule has 2 heterocycles. The molecule has 1 saturated heterocycles. The molecule has 1 aliphatic rings. The molecular weight excluding hydrogens is 415 g/mol. The lowest BCUT2D eigenvalue weighted by atomic mass is 10.2. The minimum Gasteiger partial charge on any atom is -0.378 e. The third-order valence-corrected chi connectivity index (χ3v) is 3.67. The quantitative estimate of drug-likeness (QED) is 0.511. The van der Waals surface area contributed by atoms with Gasteiger partial charge in [-0.2, -0.15) is 0 Å². The zero-order chi connectivity index (χ0) is 12.1. The molecule has 2 rings (SSSR count). The summed E-state index contributed by atoms with van der Waals surface area (Å²) >= 11 is 5.62. The van der Waals surface area contributed by atoms with E-state index in [1.807, 2.05) is 0 Å². The van der Waals surface area contributed by atoms with Crippen LogP contribution in [0.2, 0.25) is 0 Å².